The lowest BCUT2D eigenvalue weighted by Gasteiger charge is -2.12. The quantitative estimate of drug-likeness (QED) is 0.265. The normalized spacial score (nSPS) is 14.9. The van der Waals surface area contributed by atoms with E-state index >= 15 is 0 Å². The van der Waals surface area contributed by atoms with Crippen molar-refractivity contribution in [2.24, 2.45) is 0 Å². The highest BCUT2D eigenvalue weighted by molar-refractivity contribution is 6.25. The standard InChI is InChI=1S/C27H19F3N2/c1-2-15-32-17-23(21-8-4-6-10-25(21)32)26(18-11-13-19(14-12-18)27(28,29)30)22-16-31-24-9-5-3-7-20(22)24/h2-14,16-17H,1,15H2/p+1. The van der Waals surface area contributed by atoms with E-state index in [9.17, 15) is 13.2 Å². The van der Waals surface area contributed by atoms with E-state index in [1.807, 2.05) is 60.8 Å². The number of nitrogens with one attached hydrogen (secondary N) is 1. The number of allylic oxidation sites excluding steroid dienone is 1. The van der Waals surface area contributed by atoms with Gasteiger partial charge in [-0.05, 0) is 35.9 Å². The average Bonchev–Trinajstić information content (AvgIpc) is 3.37. The van der Waals surface area contributed by atoms with Gasteiger partial charge in [0.15, 0.2) is 12.8 Å². The van der Waals surface area contributed by atoms with Gasteiger partial charge in [-0.3, -0.25) is 0 Å². The number of H-pyrrole nitrogens is 1. The van der Waals surface area contributed by atoms with E-state index in [1.165, 1.54) is 0 Å². The van der Waals surface area contributed by atoms with Gasteiger partial charge < -0.3 is 4.98 Å². The van der Waals surface area contributed by atoms with Crippen molar-refractivity contribution >= 4 is 34.0 Å². The minimum Gasteiger partial charge on any atom is -0.361 e. The first-order chi connectivity index (χ1) is 15.5. The maximum absolute atomic E-state index is 13.2. The lowest BCUT2D eigenvalue weighted by atomic mass is 9.89. The third-order valence-corrected chi connectivity index (χ3v) is 5.74. The molecule has 3 aromatic carbocycles. The molecule has 5 heteroatoms. The number of benzene rings is 3. The molecular formula is C27H20F3N2+. The molecule has 0 saturated heterocycles. The van der Waals surface area contributed by atoms with Gasteiger partial charge in [-0.2, -0.15) is 17.7 Å². The second-order valence-electron chi connectivity index (χ2n) is 7.70. The third-order valence-electron chi connectivity index (χ3n) is 5.74. The number of aromatic amines is 1. The Morgan fingerprint density at radius 2 is 1.66 bits per heavy atom. The van der Waals surface area contributed by atoms with E-state index in [1.54, 1.807) is 12.1 Å². The van der Waals surface area contributed by atoms with Crippen molar-refractivity contribution in [1.29, 1.82) is 0 Å². The molecule has 1 aliphatic heterocycles. The summed E-state index contributed by atoms with van der Waals surface area (Å²) < 4.78 is 41.7. The molecular weight excluding hydrogens is 409 g/mol. The second-order valence-corrected chi connectivity index (χ2v) is 7.70. The molecule has 158 valence electrons. The zero-order valence-electron chi connectivity index (χ0n) is 17.2. The molecule has 0 saturated carbocycles. The number of nitrogens with zero attached hydrogens (tertiary/aromatic N) is 1. The van der Waals surface area contributed by atoms with Gasteiger partial charge in [-0.15, -0.1) is 0 Å². The van der Waals surface area contributed by atoms with Crippen molar-refractivity contribution in [3.63, 3.8) is 0 Å². The fourth-order valence-electron chi connectivity index (χ4n) is 4.30. The number of alkyl halides is 3. The Balaban J connectivity index is 1.81. The van der Waals surface area contributed by atoms with Crippen molar-refractivity contribution in [2.75, 3.05) is 6.54 Å². The van der Waals surface area contributed by atoms with Crippen LogP contribution in [0.1, 0.15) is 22.3 Å². The highest BCUT2D eigenvalue weighted by Gasteiger charge is 2.32. The maximum atomic E-state index is 13.2. The molecule has 0 amide bonds. The van der Waals surface area contributed by atoms with Gasteiger partial charge in [-0.25, -0.2) is 0 Å². The van der Waals surface area contributed by atoms with Crippen molar-refractivity contribution in [2.45, 2.75) is 6.18 Å². The predicted molar refractivity (Wildman–Crippen MR) is 123 cm³/mol. The van der Waals surface area contributed by atoms with Crippen LogP contribution in [-0.2, 0) is 6.18 Å². The van der Waals surface area contributed by atoms with E-state index in [2.05, 4.69) is 22.4 Å². The van der Waals surface area contributed by atoms with Crippen LogP contribution in [0.5, 0.6) is 0 Å². The minimum atomic E-state index is -4.38. The molecule has 1 aromatic heterocycles. The summed E-state index contributed by atoms with van der Waals surface area (Å²) in [4.78, 5) is 3.30. The van der Waals surface area contributed by atoms with Gasteiger partial charge in [0.05, 0.1) is 16.7 Å². The van der Waals surface area contributed by atoms with Gasteiger partial charge in [0.25, 0.3) is 0 Å². The van der Waals surface area contributed by atoms with Crippen LogP contribution in [0, 0.1) is 0 Å². The van der Waals surface area contributed by atoms with Gasteiger partial charge in [-0.1, -0.05) is 49.0 Å². The molecule has 0 atom stereocenters. The molecule has 0 aliphatic carbocycles. The van der Waals surface area contributed by atoms with Crippen LogP contribution in [0.3, 0.4) is 0 Å². The number of fused-ring (bicyclic) bond motifs is 2. The summed E-state index contributed by atoms with van der Waals surface area (Å²) in [5.41, 5.74) is 5.92. The topological polar surface area (TPSA) is 18.8 Å². The third kappa shape index (κ3) is 3.36. The summed E-state index contributed by atoms with van der Waals surface area (Å²) in [5, 5.41) is 1.02. The minimum absolute atomic E-state index is 0.634. The number of para-hydroxylation sites is 2. The lowest BCUT2D eigenvalue weighted by Crippen LogP contribution is -2.05. The van der Waals surface area contributed by atoms with Gasteiger partial charge in [0.2, 0.25) is 5.69 Å². The molecule has 0 radical (unpaired) electrons. The molecule has 0 unspecified atom stereocenters. The first-order valence-electron chi connectivity index (χ1n) is 10.3. The van der Waals surface area contributed by atoms with E-state index in [-0.39, 0.29) is 0 Å². The fourth-order valence-corrected chi connectivity index (χ4v) is 4.30. The van der Waals surface area contributed by atoms with Gasteiger partial charge in [0.1, 0.15) is 0 Å². The Bertz CT molecular complexity index is 1390. The highest BCUT2D eigenvalue weighted by atomic mass is 19.4. The van der Waals surface area contributed by atoms with Crippen LogP contribution in [0.4, 0.5) is 18.9 Å². The summed E-state index contributed by atoms with van der Waals surface area (Å²) >= 11 is 0. The number of rotatable bonds is 4. The average molecular weight is 429 g/mol. The second kappa shape index (κ2) is 7.68. The lowest BCUT2D eigenvalue weighted by molar-refractivity contribution is -0.419. The summed E-state index contributed by atoms with van der Waals surface area (Å²) in [6.45, 7) is 4.49. The van der Waals surface area contributed by atoms with Crippen LogP contribution in [0.15, 0.2) is 91.6 Å². The largest absolute Gasteiger partial charge is 0.416 e. The molecule has 5 rings (SSSR count). The van der Waals surface area contributed by atoms with Crippen LogP contribution < -0.4 is 0 Å². The molecule has 2 heterocycles. The summed E-state index contributed by atoms with van der Waals surface area (Å²) in [6, 6.07) is 21.4. The summed E-state index contributed by atoms with van der Waals surface area (Å²) in [7, 11) is 0. The van der Waals surface area contributed by atoms with E-state index in [4.69, 9.17) is 0 Å². The smallest absolute Gasteiger partial charge is 0.361 e. The molecule has 32 heavy (non-hydrogen) atoms. The van der Waals surface area contributed by atoms with Crippen LogP contribution in [0.2, 0.25) is 0 Å². The number of hydrogen-bond donors (Lipinski definition) is 1. The molecule has 2 nitrogen and oxygen atoms in total. The highest BCUT2D eigenvalue weighted by Crippen LogP contribution is 2.41. The molecule has 1 aliphatic rings. The van der Waals surface area contributed by atoms with Crippen molar-refractivity contribution in [1.82, 2.24) is 4.98 Å². The van der Waals surface area contributed by atoms with Crippen molar-refractivity contribution in [3.8, 4) is 0 Å². The van der Waals surface area contributed by atoms with E-state index in [0.717, 1.165) is 56.6 Å². The first-order valence-corrected chi connectivity index (χ1v) is 10.3. The number of hydrogen-bond acceptors (Lipinski definition) is 0. The van der Waals surface area contributed by atoms with Gasteiger partial charge >= 0.3 is 6.18 Å². The molecule has 1 N–H and O–H groups in total. The Labute approximate surface area is 183 Å². The predicted octanol–water partition coefficient (Wildman–Crippen LogP) is 7.06. The Morgan fingerprint density at radius 3 is 2.41 bits per heavy atom. The molecule has 0 bridgehead atoms. The van der Waals surface area contributed by atoms with E-state index < -0.39 is 11.7 Å². The van der Waals surface area contributed by atoms with Crippen molar-refractivity contribution < 1.29 is 17.7 Å². The number of aromatic nitrogens is 1. The van der Waals surface area contributed by atoms with Crippen molar-refractivity contribution in [3.05, 3.63) is 114 Å². The number of halogens is 3. The molecule has 4 aromatic rings. The van der Waals surface area contributed by atoms with Gasteiger partial charge in [0, 0.05) is 34.3 Å². The zero-order chi connectivity index (χ0) is 22.3. The maximum Gasteiger partial charge on any atom is 0.416 e. The summed E-state index contributed by atoms with van der Waals surface area (Å²) in [6.07, 6.45) is 1.44. The SMILES string of the molecule is C=CC[N+]1=C/C(=C(/c2ccc(C(F)(F)F)cc2)c2c[nH]c3ccccc23)c2ccccc21. The first kappa shape index (κ1) is 20.1. The Morgan fingerprint density at radius 1 is 0.938 bits per heavy atom. The Hall–Kier alpha value is -3.86. The van der Waals surface area contributed by atoms with E-state index in [0.29, 0.717) is 6.54 Å². The monoisotopic (exact) mass is 429 g/mol. The Kier molecular flexibility index (Phi) is 4.82. The van der Waals surface area contributed by atoms with Crippen LogP contribution >= 0.6 is 0 Å². The fraction of sp³-hybridized carbons (Fsp3) is 0.0741. The molecule has 0 spiro atoms. The summed E-state index contributed by atoms with van der Waals surface area (Å²) in [5.74, 6) is 0. The zero-order valence-corrected chi connectivity index (χ0v) is 17.2. The molecule has 0 fully saturated rings. The van der Waals surface area contributed by atoms with Crippen LogP contribution in [0.25, 0.3) is 22.0 Å². The van der Waals surface area contributed by atoms with Crippen LogP contribution in [-0.4, -0.2) is 22.3 Å².